The molecular weight excluding hydrogens is 328 g/mol. The molecule has 26 heavy (non-hydrogen) atoms. The maximum atomic E-state index is 12.7. The third-order valence-electron chi connectivity index (χ3n) is 4.73. The summed E-state index contributed by atoms with van der Waals surface area (Å²) in [5.41, 5.74) is 1.75. The number of esters is 1. The molecule has 0 radical (unpaired) electrons. The number of ketones is 1. The quantitative estimate of drug-likeness (QED) is 0.368. The molecule has 0 aliphatic carbocycles. The molecule has 1 aliphatic rings. The van der Waals surface area contributed by atoms with Crippen LogP contribution in [0.15, 0.2) is 72.0 Å². The first-order valence-corrected chi connectivity index (χ1v) is 8.89. The van der Waals surface area contributed by atoms with Gasteiger partial charge in [-0.2, -0.15) is 0 Å². The highest BCUT2D eigenvalue weighted by Crippen LogP contribution is 2.32. The number of cyclic esters (lactones) is 1. The van der Waals surface area contributed by atoms with Gasteiger partial charge in [0.1, 0.15) is 11.3 Å². The predicted octanol–water partition coefficient (Wildman–Crippen LogP) is 4.12. The van der Waals surface area contributed by atoms with Crippen molar-refractivity contribution in [2.24, 2.45) is 0 Å². The number of carbonyl (C=O) groups excluding carboxylic acids is 2. The topological polar surface area (TPSA) is 63.6 Å². The van der Waals surface area contributed by atoms with Gasteiger partial charge in [-0.3, -0.25) is 4.79 Å². The van der Waals surface area contributed by atoms with E-state index in [1.54, 1.807) is 0 Å². The van der Waals surface area contributed by atoms with E-state index in [-0.39, 0.29) is 11.3 Å². The highest BCUT2D eigenvalue weighted by Gasteiger charge is 2.41. The van der Waals surface area contributed by atoms with Crippen LogP contribution >= 0.6 is 0 Å². The summed E-state index contributed by atoms with van der Waals surface area (Å²) in [6.07, 6.45) is 0.796. The highest BCUT2D eigenvalue weighted by molar-refractivity contribution is 6.23. The minimum absolute atomic E-state index is 0.184. The lowest BCUT2D eigenvalue weighted by Gasteiger charge is -2.15. The maximum absolute atomic E-state index is 12.7. The lowest BCUT2D eigenvalue weighted by molar-refractivity contribution is -0.141. The largest absolute Gasteiger partial charge is 0.511 e. The van der Waals surface area contributed by atoms with E-state index in [9.17, 15) is 14.7 Å². The lowest BCUT2D eigenvalue weighted by Crippen LogP contribution is -2.18. The summed E-state index contributed by atoms with van der Waals surface area (Å²) >= 11 is 0. The molecule has 0 amide bonds. The molecule has 2 aromatic carbocycles. The zero-order valence-electron chi connectivity index (χ0n) is 14.7. The number of carbonyl (C=O) groups is 2. The summed E-state index contributed by atoms with van der Waals surface area (Å²) in [5, 5.41) is 10.7. The van der Waals surface area contributed by atoms with E-state index in [0.717, 1.165) is 11.1 Å². The molecule has 2 atom stereocenters. The van der Waals surface area contributed by atoms with E-state index in [0.29, 0.717) is 19.3 Å². The lowest BCUT2D eigenvalue weighted by atomic mass is 9.90. The smallest absolute Gasteiger partial charge is 0.346 e. The Kier molecular flexibility index (Phi) is 5.52. The van der Waals surface area contributed by atoms with Gasteiger partial charge >= 0.3 is 5.97 Å². The van der Waals surface area contributed by atoms with Crippen molar-refractivity contribution in [1.29, 1.82) is 0 Å². The summed E-state index contributed by atoms with van der Waals surface area (Å²) in [6.45, 7) is 1.91. The molecule has 1 saturated heterocycles. The number of rotatable bonds is 6. The molecule has 0 bridgehead atoms. The Hall–Kier alpha value is -2.88. The van der Waals surface area contributed by atoms with Crippen molar-refractivity contribution >= 4 is 11.8 Å². The number of allylic oxidation sites excluding steroid dienone is 1. The molecule has 1 heterocycles. The summed E-state index contributed by atoms with van der Waals surface area (Å²) in [7, 11) is 0. The fourth-order valence-corrected chi connectivity index (χ4v) is 3.31. The van der Waals surface area contributed by atoms with E-state index in [2.05, 4.69) is 0 Å². The van der Waals surface area contributed by atoms with Crippen molar-refractivity contribution in [2.45, 2.75) is 38.2 Å². The molecule has 134 valence electrons. The first kappa shape index (κ1) is 17.9. The predicted molar refractivity (Wildman–Crippen MR) is 98.8 cm³/mol. The van der Waals surface area contributed by atoms with E-state index < -0.39 is 23.8 Å². The van der Waals surface area contributed by atoms with Crippen molar-refractivity contribution in [1.82, 2.24) is 0 Å². The first-order valence-electron chi connectivity index (χ1n) is 8.89. The Labute approximate surface area is 153 Å². The fourth-order valence-electron chi connectivity index (χ4n) is 3.31. The monoisotopic (exact) mass is 350 g/mol. The minimum atomic E-state index is -0.826. The van der Waals surface area contributed by atoms with Crippen LogP contribution in [0.25, 0.3) is 0 Å². The molecule has 0 saturated carbocycles. The average molecular weight is 350 g/mol. The SMILES string of the molecule is CCC(C(O)=C1C(=O)OC(CCc2ccccc2)C1=O)c1ccccc1. The van der Waals surface area contributed by atoms with Crippen LogP contribution < -0.4 is 0 Å². The van der Waals surface area contributed by atoms with Crippen molar-refractivity contribution in [3.8, 4) is 0 Å². The Balaban J connectivity index is 1.79. The zero-order valence-corrected chi connectivity index (χ0v) is 14.7. The van der Waals surface area contributed by atoms with Crippen LogP contribution in [0.3, 0.4) is 0 Å². The van der Waals surface area contributed by atoms with Crippen molar-refractivity contribution in [2.75, 3.05) is 0 Å². The number of benzene rings is 2. The number of hydrogen-bond acceptors (Lipinski definition) is 4. The number of ether oxygens (including phenoxy) is 1. The summed E-state index contributed by atoms with van der Waals surface area (Å²) in [6, 6.07) is 19.1. The van der Waals surface area contributed by atoms with Crippen LogP contribution in [-0.2, 0) is 20.7 Å². The first-order chi connectivity index (χ1) is 12.6. The van der Waals surface area contributed by atoms with Crippen LogP contribution in [0.5, 0.6) is 0 Å². The second-order valence-corrected chi connectivity index (χ2v) is 6.41. The molecule has 4 nitrogen and oxygen atoms in total. The van der Waals surface area contributed by atoms with Crippen molar-refractivity contribution < 1.29 is 19.4 Å². The van der Waals surface area contributed by atoms with Gasteiger partial charge in [-0.05, 0) is 30.4 Å². The molecule has 1 N–H and O–H groups in total. The normalized spacial score (nSPS) is 20.0. The van der Waals surface area contributed by atoms with E-state index in [1.807, 2.05) is 67.6 Å². The molecule has 0 spiro atoms. The number of aryl methyl sites for hydroxylation is 1. The molecule has 3 rings (SSSR count). The van der Waals surface area contributed by atoms with Crippen LogP contribution in [-0.4, -0.2) is 23.0 Å². The molecule has 2 aromatic rings. The van der Waals surface area contributed by atoms with Crippen LogP contribution in [0.4, 0.5) is 0 Å². The van der Waals surface area contributed by atoms with Gasteiger partial charge < -0.3 is 9.84 Å². The Morgan fingerprint density at radius 2 is 1.65 bits per heavy atom. The third kappa shape index (κ3) is 3.69. The molecule has 4 heteroatoms. The van der Waals surface area contributed by atoms with Crippen LogP contribution in [0.2, 0.25) is 0 Å². The maximum Gasteiger partial charge on any atom is 0.346 e. The molecule has 2 unspecified atom stereocenters. The molecule has 1 fully saturated rings. The molecular formula is C22H22O4. The fraction of sp³-hybridized carbons (Fsp3) is 0.273. The van der Waals surface area contributed by atoms with Crippen LogP contribution in [0.1, 0.15) is 36.8 Å². The second kappa shape index (κ2) is 8.00. The van der Waals surface area contributed by atoms with E-state index in [4.69, 9.17) is 4.74 Å². The van der Waals surface area contributed by atoms with E-state index >= 15 is 0 Å². The summed E-state index contributed by atoms with van der Waals surface area (Å²) < 4.78 is 5.25. The van der Waals surface area contributed by atoms with Crippen molar-refractivity contribution in [3.05, 3.63) is 83.1 Å². The van der Waals surface area contributed by atoms with Gasteiger partial charge in [0.25, 0.3) is 0 Å². The van der Waals surface area contributed by atoms with Crippen LogP contribution in [0, 0.1) is 0 Å². The van der Waals surface area contributed by atoms with Gasteiger partial charge in [-0.15, -0.1) is 0 Å². The standard InChI is InChI=1S/C22H22O4/c1-2-17(16-11-7-4-8-12-16)20(23)19-21(24)18(26-22(19)25)14-13-15-9-5-3-6-10-15/h3-12,17-18,23H,2,13-14H2,1H3. The Morgan fingerprint density at radius 3 is 2.27 bits per heavy atom. The third-order valence-corrected chi connectivity index (χ3v) is 4.73. The van der Waals surface area contributed by atoms with E-state index in [1.165, 1.54) is 0 Å². The number of aliphatic hydroxyl groups is 1. The Bertz CT molecular complexity index is 809. The zero-order chi connectivity index (χ0) is 18.5. The molecule has 0 aromatic heterocycles. The van der Waals surface area contributed by atoms with Gasteiger partial charge in [-0.1, -0.05) is 67.6 Å². The van der Waals surface area contributed by atoms with Crippen molar-refractivity contribution in [3.63, 3.8) is 0 Å². The number of Topliss-reactive ketones (excluding diaryl/α,β-unsaturated/α-hetero) is 1. The number of aliphatic hydroxyl groups excluding tert-OH is 1. The average Bonchev–Trinajstić information content (AvgIpc) is 2.95. The number of hydrogen-bond donors (Lipinski definition) is 1. The van der Waals surface area contributed by atoms with Gasteiger partial charge in [0, 0.05) is 5.92 Å². The minimum Gasteiger partial charge on any atom is -0.511 e. The van der Waals surface area contributed by atoms with Gasteiger partial charge in [0.15, 0.2) is 6.10 Å². The molecule has 1 aliphatic heterocycles. The second-order valence-electron chi connectivity index (χ2n) is 6.41. The van der Waals surface area contributed by atoms with Gasteiger partial charge in [-0.25, -0.2) is 4.79 Å². The summed E-state index contributed by atoms with van der Waals surface area (Å²) in [4.78, 5) is 24.9. The highest BCUT2D eigenvalue weighted by atomic mass is 16.6. The summed E-state index contributed by atoms with van der Waals surface area (Å²) in [5.74, 6) is -1.72. The van der Waals surface area contributed by atoms with Gasteiger partial charge in [0.05, 0.1) is 0 Å². The Morgan fingerprint density at radius 1 is 1.04 bits per heavy atom. The van der Waals surface area contributed by atoms with Gasteiger partial charge in [0.2, 0.25) is 5.78 Å².